The van der Waals surface area contributed by atoms with Crippen LogP contribution in [0.25, 0.3) is 5.65 Å². The second kappa shape index (κ2) is 1.66. The Morgan fingerprint density at radius 3 is 3.20 bits per heavy atom. The number of anilines is 1. The first-order valence-electron chi connectivity index (χ1n) is 2.79. The number of nitrogen functional groups attached to an aromatic ring is 1. The number of nitrogens with two attached hydrogens (primary N) is 1. The average Bonchev–Trinajstić information content (AvgIpc) is 2.34. The van der Waals surface area contributed by atoms with Crippen LogP contribution in [0.3, 0.4) is 0 Å². The van der Waals surface area contributed by atoms with Crippen molar-refractivity contribution >= 4 is 11.5 Å². The lowest BCUT2D eigenvalue weighted by Gasteiger charge is -1.86. The molecule has 0 aliphatic heterocycles. The Morgan fingerprint density at radius 2 is 2.40 bits per heavy atom. The monoisotopic (exact) mass is 135 g/mol. The van der Waals surface area contributed by atoms with Crippen molar-refractivity contribution in [3.63, 3.8) is 0 Å². The Morgan fingerprint density at radius 1 is 1.50 bits per heavy atom. The SMILES string of the molecule is Nc1nnn2cccnc12. The molecule has 0 aliphatic carbocycles. The van der Waals surface area contributed by atoms with Crippen molar-refractivity contribution in [2.75, 3.05) is 5.73 Å². The fourth-order valence-corrected chi connectivity index (χ4v) is 0.760. The molecule has 50 valence electrons. The second-order valence-electron chi connectivity index (χ2n) is 1.86. The molecule has 0 radical (unpaired) electrons. The Labute approximate surface area is 56.5 Å². The summed E-state index contributed by atoms with van der Waals surface area (Å²) < 4.78 is 1.52. The molecule has 2 rings (SSSR count). The van der Waals surface area contributed by atoms with Crippen LogP contribution < -0.4 is 5.73 Å². The number of hydrogen-bond acceptors (Lipinski definition) is 4. The van der Waals surface area contributed by atoms with E-state index in [0.29, 0.717) is 11.5 Å². The first kappa shape index (κ1) is 5.16. The van der Waals surface area contributed by atoms with Crippen LogP contribution in [-0.2, 0) is 0 Å². The van der Waals surface area contributed by atoms with E-state index >= 15 is 0 Å². The lowest BCUT2D eigenvalue weighted by atomic mass is 10.6. The highest BCUT2D eigenvalue weighted by Gasteiger charge is 1.98. The van der Waals surface area contributed by atoms with Crippen LogP contribution in [0.4, 0.5) is 5.82 Å². The second-order valence-corrected chi connectivity index (χ2v) is 1.86. The fourth-order valence-electron chi connectivity index (χ4n) is 0.760. The predicted octanol–water partition coefficient (Wildman–Crippen LogP) is -0.294. The van der Waals surface area contributed by atoms with Crippen LogP contribution in [0.2, 0.25) is 0 Å². The van der Waals surface area contributed by atoms with E-state index in [4.69, 9.17) is 5.73 Å². The van der Waals surface area contributed by atoms with E-state index in [1.54, 1.807) is 18.5 Å². The normalized spacial score (nSPS) is 10.4. The van der Waals surface area contributed by atoms with Gasteiger partial charge in [0.15, 0.2) is 11.5 Å². The van der Waals surface area contributed by atoms with Crippen LogP contribution in [0.5, 0.6) is 0 Å². The largest absolute Gasteiger partial charge is 0.379 e. The molecule has 0 fully saturated rings. The zero-order chi connectivity index (χ0) is 6.97. The lowest BCUT2D eigenvalue weighted by molar-refractivity contribution is 0.848. The number of hydrogen-bond donors (Lipinski definition) is 1. The maximum atomic E-state index is 5.42. The summed E-state index contributed by atoms with van der Waals surface area (Å²) in [6, 6.07) is 1.76. The van der Waals surface area contributed by atoms with Crippen LogP contribution in [0, 0.1) is 0 Å². The highest BCUT2D eigenvalue weighted by atomic mass is 15.4. The summed E-state index contributed by atoms with van der Waals surface area (Å²) in [4.78, 5) is 3.95. The van der Waals surface area contributed by atoms with Crippen LogP contribution in [0.1, 0.15) is 0 Å². The Kier molecular flexibility index (Phi) is 0.858. The minimum Gasteiger partial charge on any atom is -0.379 e. The van der Waals surface area contributed by atoms with Gasteiger partial charge >= 0.3 is 0 Å². The molecule has 0 amide bonds. The zero-order valence-corrected chi connectivity index (χ0v) is 5.10. The molecule has 0 aliphatic rings. The third-order valence-corrected chi connectivity index (χ3v) is 1.21. The first-order valence-corrected chi connectivity index (χ1v) is 2.79. The molecular formula is C5H5N5. The molecule has 0 saturated heterocycles. The molecule has 2 aromatic rings. The number of nitrogens with zero attached hydrogens (tertiary/aromatic N) is 4. The molecular weight excluding hydrogens is 130 g/mol. The van der Waals surface area contributed by atoms with Crippen LogP contribution in [0.15, 0.2) is 18.5 Å². The Bertz CT molecular complexity index is 352. The third kappa shape index (κ3) is 0.540. The molecule has 2 heterocycles. The summed E-state index contributed by atoms with van der Waals surface area (Å²) in [6.45, 7) is 0. The van der Waals surface area contributed by atoms with Gasteiger partial charge in [-0.2, -0.15) is 0 Å². The molecule has 0 atom stereocenters. The molecule has 0 aromatic carbocycles. The van der Waals surface area contributed by atoms with Gasteiger partial charge in [-0.05, 0) is 6.07 Å². The lowest BCUT2D eigenvalue weighted by Crippen LogP contribution is -1.89. The Balaban J connectivity index is 2.93. The fraction of sp³-hybridized carbons (Fsp3) is 0. The van der Waals surface area contributed by atoms with Crippen LogP contribution in [-0.4, -0.2) is 19.8 Å². The quantitative estimate of drug-likeness (QED) is 0.538. The van der Waals surface area contributed by atoms with Crippen molar-refractivity contribution in [1.82, 2.24) is 19.8 Å². The van der Waals surface area contributed by atoms with Crippen LogP contribution >= 0.6 is 0 Å². The molecule has 5 nitrogen and oxygen atoms in total. The van der Waals surface area contributed by atoms with E-state index in [0.717, 1.165) is 0 Å². The van der Waals surface area contributed by atoms with Gasteiger partial charge in [0.05, 0.1) is 0 Å². The number of fused-ring (bicyclic) bond motifs is 1. The van der Waals surface area contributed by atoms with E-state index < -0.39 is 0 Å². The summed E-state index contributed by atoms with van der Waals surface area (Å²) in [5.41, 5.74) is 6.02. The summed E-state index contributed by atoms with van der Waals surface area (Å²) >= 11 is 0. The molecule has 0 unspecified atom stereocenters. The average molecular weight is 135 g/mol. The van der Waals surface area contributed by atoms with Gasteiger partial charge in [0.2, 0.25) is 0 Å². The van der Waals surface area contributed by atoms with E-state index in [1.165, 1.54) is 4.52 Å². The van der Waals surface area contributed by atoms with Gasteiger partial charge in [0, 0.05) is 12.4 Å². The highest BCUT2D eigenvalue weighted by molar-refractivity contribution is 5.57. The minimum atomic E-state index is 0.362. The van der Waals surface area contributed by atoms with Gasteiger partial charge in [-0.1, -0.05) is 5.21 Å². The standard InChI is InChI=1S/C5H5N5/c6-4-5-7-2-1-3-10(5)9-8-4/h1-3H,6H2. The molecule has 0 bridgehead atoms. The Hall–Kier alpha value is -1.65. The van der Waals surface area contributed by atoms with Gasteiger partial charge in [-0.3, -0.25) is 0 Å². The predicted molar refractivity (Wildman–Crippen MR) is 35.2 cm³/mol. The molecule has 0 spiro atoms. The van der Waals surface area contributed by atoms with E-state index in [9.17, 15) is 0 Å². The van der Waals surface area contributed by atoms with Gasteiger partial charge in [0.25, 0.3) is 0 Å². The zero-order valence-electron chi connectivity index (χ0n) is 5.10. The smallest absolute Gasteiger partial charge is 0.199 e. The molecule has 2 N–H and O–H groups in total. The van der Waals surface area contributed by atoms with Crippen molar-refractivity contribution in [1.29, 1.82) is 0 Å². The molecule has 0 saturated carbocycles. The van der Waals surface area contributed by atoms with E-state index in [2.05, 4.69) is 15.3 Å². The molecule has 10 heavy (non-hydrogen) atoms. The van der Waals surface area contributed by atoms with Crippen molar-refractivity contribution in [3.05, 3.63) is 18.5 Å². The number of aromatic nitrogens is 4. The highest BCUT2D eigenvalue weighted by Crippen LogP contribution is 2.02. The van der Waals surface area contributed by atoms with Gasteiger partial charge < -0.3 is 5.73 Å². The third-order valence-electron chi connectivity index (χ3n) is 1.21. The van der Waals surface area contributed by atoms with Gasteiger partial charge in [-0.15, -0.1) is 5.10 Å². The minimum absolute atomic E-state index is 0.362. The van der Waals surface area contributed by atoms with E-state index in [1.807, 2.05) is 0 Å². The van der Waals surface area contributed by atoms with E-state index in [-0.39, 0.29) is 0 Å². The van der Waals surface area contributed by atoms with Crippen molar-refractivity contribution in [2.45, 2.75) is 0 Å². The maximum Gasteiger partial charge on any atom is 0.199 e. The summed E-state index contributed by atoms with van der Waals surface area (Å²) in [5.74, 6) is 0.362. The molecule has 5 heteroatoms. The number of rotatable bonds is 0. The summed E-state index contributed by atoms with van der Waals surface area (Å²) in [7, 11) is 0. The van der Waals surface area contributed by atoms with Gasteiger partial charge in [-0.25, -0.2) is 9.50 Å². The van der Waals surface area contributed by atoms with Crippen molar-refractivity contribution in [3.8, 4) is 0 Å². The van der Waals surface area contributed by atoms with Crippen molar-refractivity contribution in [2.24, 2.45) is 0 Å². The topological polar surface area (TPSA) is 69.1 Å². The maximum absolute atomic E-state index is 5.42. The van der Waals surface area contributed by atoms with Gasteiger partial charge in [0.1, 0.15) is 0 Å². The summed E-state index contributed by atoms with van der Waals surface area (Å²) in [6.07, 6.45) is 3.39. The van der Waals surface area contributed by atoms with Crippen molar-refractivity contribution < 1.29 is 0 Å². The summed E-state index contributed by atoms with van der Waals surface area (Å²) in [5, 5.41) is 7.32. The molecule has 2 aromatic heterocycles. The first-order chi connectivity index (χ1) is 4.88.